The van der Waals surface area contributed by atoms with Gasteiger partial charge in [0.2, 0.25) is 0 Å². The summed E-state index contributed by atoms with van der Waals surface area (Å²) in [5.41, 5.74) is 4.57. The fourth-order valence-corrected chi connectivity index (χ4v) is 7.22. The second-order valence-corrected chi connectivity index (χ2v) is 12.7. The van der Waals surface area contributed by atoms with E-state index < -0.39 is 6.04 Å². The van der Waals surface area contributed by atoms with Crippen LogP contribution < -0.4 is 29.1 Å². The van der Waals surface area contributed by atoms with Gasteiger partial charge in [-0.25, -0.2) is 4.99 Å². The number of rotatable bonds is 10. The lowest BCUT2D eigenvalue weighted by atomic mass is 9.90. The highest BCUT2D eigenvalue weighted by atomic mass is 32.1. The number of aryl methyl sites for hydroxylation is 1. The molecule has 1 amide bonds. The van der Waals surface area contributed by atoms with Crippen LogP contribution in [0.15, 0.2) is 99.9 Å². The fraction of sp³-hybridized carbons (Fsp3) is 0.256. The maximum atomic E-state index is 14.5. The number of hydrogen-bond acceptors (Lipinski definition) is 7. The Morgan fingerprint density at radius 3 is 2.33 bits per heavy atom. The number of aromatic nitrogens is 1. The molecule has 0 bridgehead atoms. The molecule has 5 aromatic rings. The number of ether oxygens (including phenoxy) is 3. The molecule has 6 rings (SSSR count). The van der Waals surface area contributed by atoms with Gasteiger partial charge in [0.25, 0.3) is 11.5 Å². The highest BCUT2D eigenvalue weighted by molar-refractivity contribution is 7.07. The van der Waals surface area contributed by atoms with Gasteiger partial charge in [-0.2, -0.15) is 0 Å². The first-order valence-electron chi connectivity index (χ1n) is 16.0. The zero-order chi connectivity index (χ0) is 33.9. The van der Waals surface area contributed by atoms with E-state index in [-0.39, 0.29) is 11.5 Å². The Morgan fingerprint density at radius 2 is 1.62 bits per heavy atom. The van der Waals surface area contributed by atoms with Gasteiger partial charge in [-0.15, -0.1) is 0 Å². The molecule has 1 aliphatic heterocycles. The SMILES string of the molecule is CCN(CC)C(=O)C1=C(C)N=c2s/c(=C/c3ccc(OCc4ccc(C)cc4)c(OC)c3)c(=O)n2[C@@H]1c1c(OC)ccc2ccccc12. The molecule has 0 aliphatic carbocycles. The largest absolute Gasteiger partial charge is 0.496 e. The van der Waals surface area contributed by atoms with Crippen LogP contribution in [0.1, 0.15) is 49.1 Å². The average Bonchev–Trinajstić information content (AvgIpc) is 3.41. The number of hydrogen-bond donors (Lipinski definition) is 0. The van der Waals surface area contributed by atoms with E-state index in [0.717, 1.165) is 27.5 Å². The van der Waals surface area contributed by atoms with E-state index >= 15 is 0 Å². The van der Waals surface area contributed by atoms with Gasteiger partial charge in [0.05, 0.1) is 30.0 Å². The van der Waals surface area contributed by atoms with Gasteiger partial charge in [-0.3, -0.25) is 14.2 Å². The maximum absolute atomic E-state index is 14.5. The Balaban J connectivity index is 1.48. The van der Waals surface area contributed by atoms with E-state index in [1.807, 2.05) is 93.6 Å². The van der Waals surface area contributed by atoms with Crippen molar-refractivity contribution in [3.05, 3.63) is 132 Å². The zero-order valence-electron chi connectivity index (χ0n) is 28.1. The predicted octanol–water partition coefficient (Wildman–Crippen LogP) is 6.16. The standard InChI is InChI=1S/C39H39N3O5S/c1-7-41(8-2)38(44)34-25(4)40-39-42(36(34)35-29-12-10-9-11-28(29)18-20-31(35)45-5)37(43)33(48-39)22-27-17-19-30(32(21-27)46-6)47-23-26-15-13-24(3)14-16-26/h9-22,36H,7-8,23H2,1-6H3/b33-22+/t36-/m0/s1. The Hall–Kier alpha value is -5.15. The molecule has 8 nitrogen and oxygen atoms in total. The predicted molar refractivity (Wildman–Crippen MR) is 191 cm³/mol. The summed E-state index contributed by atoms with van der Waals surface area (Å²) >= 11 is 1.29. The van der Waals surface area contributed by atoms with Crippen LogP contribution >= 0.6 is 11.3 Å². The first-order chi connectivity index (χ1) is 23.3. The number of carbonyl (C=O) groups is 1. The highest BCUT2D eigenvalue weighted by Crippen LogP contribution is 2.40. The van der Waals surface area contributed by atoms with Crippen LogP contribution in [0.5, 0.6) is 17.2 Å². The fourth-order valence-electron chi connectivity index (χ4n) is 6.17. The number of allylic oxidation sites excluding steroid dienone is 1. The van der Waals surface area contributed by atoms with E-state index in [1.54, 1.807) is 23.7 Å². The van der Waals surface area contributed by atoms with E-state index in [1.165, 1.54) is 16.9 Å². The van der Waals surface area contributed by atoms with Crippen molar-refractivity contribution in [2.45, 2.75) is 40.3 Å². The number of methoxy groups -OCH3 is 2. The summed E-state index contributed by atoms with van der Waals surface area (Å²) in [7, 11) is 3.21. The van der Waals surface area contributed by atoms with Gasteiger partial charge in [0.15, 0.2) is 16.3 Å². The lowest BCUT2D eigenvalue weighted by Gasteiger charge is -2.30. The molecule has 0 unspecified atom stereocenters. The third kappa shape index (κ3) is 6.13. The summed E-state index contributed by atoms with van der Waals surface area (Å²) in [5, 5.41) is 1.89. The molecule has 9 heteroatoms. The van der Waals surface area contributed by atoms with Gasteiger partial charge < -0.3 is 19.1 Å². The molecule has 1 aromatic heterocycles. The van der Waals surface area contributed by atoms with Crippen LogP contribution in [0, 0.1) is 6.92 Å². The second-order valence-electron chi connectivity index (χ2n) is 11.6. The molecule has 4 aromatic carbocycles. The number of carbonyl (C=O) groups excluding carboxylic acids is 1. The topological polar surface area (TPSA) is 82.4 Å². The van der Waals surface area contributed by atoms with Gasteiger partial charge in [0.1, 0.15) is 18.4 Å². The van der Waals surface area contributed by atoms with Crippen LogP contribution in [-0.4, -0.2) is 42.7 Å². The van der Waals surface area contributed by atoms with Crippen LogP contribution in [0.3, 0.4) is 0 Å². The number of amides is 1. The molecule has 0 saturated heterocycles. The minimum atomic E-state index is -0.746. The third-order valence-corrected chi connectivity index (χ3v) is 9.71. The van der Waals surface area contributed by atoms with Gasteiger partial charge in [-0.1, -0.05) is 77.6 Å². The minimum Gasteiger partial charge on any atom is -0.496 e. The van der Waals surface area contributed by atoms with Crippen LogP contribution in [0.2, 0.25) is 0 Å². The summed E-state index contributed by atoms with van der Waals surface area (Å²) in [4.78, 5) is 35.8. The number of thiazole rings is 1. The van der Waals surface area contributed by atoms with Crippen molar-refractivity contribution in [3.63, 3.8) is 0 Å². The Labute approximate surface area is 283 Å². The molecule has 0 spiro atoms. The molecule has 0 saturated carbocycles. The normalized spacial score (nSPS) is 14.5. The molecule has 48 heavy (non-hydrogen) atoms. The zero-order valence-corrected chi connectivity index (χ0v) is 28.9. The van der Waals surface area contributed by atoms with Crippen LogP contribution in [0.4, 0.5) is 0 Å². The van der Waals surface area contributed by atoms with Crippen molar-refractivity contribution in [2.24, 2.45) is 4.99 Å². The first kappa shape index (κ1) is 32.8. The van der Waals surface area contributed by atoms with Crippen LogP contribution in [0.25, 0.3) is 16.8 Å². The monoisotopic (exact) mass is 661 g/mol. The first-order valence-corrected chi connectivity index (χ1v) is 16.8. The van der Waals surface area contributed by atoms with Crippen molar-refractivity contribution < 1.29 is 19.0 Å². The van der Waals surface area contributed by atoms with Crippen molar-refractivity contribution >= 4 is 34.1 Å². The quantitative estimate of drug-likeness (QED) is 0.179. The summed E-state index contributed by atoms with van der Waals surface area (Å²) in [5.74, 6) is 1.61. The minimum absolute atomic E-state index is 0.151. The smallest absolute Gasteiger partial charge is 0.271 e. The number of likely N-dealkylation sites (N-methyl/N-ethyl adjacent to an activating group) is 1. The van der Waals surface area contributed by atoms with E-state index in [2.05, 4.69) is 19.1 Å². The number of nitrogens with zero attached hydrogens (tertiary/aromatic N) is 3. The number of fused-ring (bicyclic) bond motifs is 2. The van der Waals surface area contributed by atoms with Crippen molar-refractivity contribution in [1.29, 1.82) is 0 Å². The van der Waals surface area contributed by atoms with Crippen molar-refractivity contribution in [2.75, 3.05) is 27.3 Å². The third-order valence-electron chi connectivity index (χ3n) is 8.73. The lowest BCUT2D eigenvalue weighted by molar-refractivity contribution is -0.127. The molecular formula is C39H39N3O5S. The average molecular weight is 662 g/mol. The summed E-state index contributed by atoms with van der Waals surface area (Å²) < 4.78 is 19.8. The molecule has 0 fully saturated rings. The number of benzene rings is 4. The molecule has 0 N–H and O–H groups in total. The van der Waals surface area contributed by atoms with Crippen LogP contribution in [-0.2, 0) is 11.4 Å². The summed E-state index contributed by atoms with van der Waals surface area (Å²) in [6.07, 6.45) is 1.83. The Bertz CT molecular complexity index is 2210. The molecule has 0 radical (unpaired) electrons. The molecule has 1 atom stereocenters. The highest BCUT2D eigenvalue weighted by Gasteiger charge is 2.36. The van der Waals surface area contributed by atoms with E-state index in [0.29, 0.717) is 57.5 Å². The van der Waals surface area contributed by atoms with E-state index in [4.69, 9.17) is 19.2 Å². The summed E-state index contributed by atoms with van der Waals surface area (Å²) in [6.45, 7) is 9.26. The van der Waals surface area contributed by atoms with Gasteiger partial charge in [0, 0.05) is 18.7 Å². The maximum Gasteiger partial charge on any atom is 0.271 e. The van der Waals surface area contributed by atoms with Crippen molar-refractivity contribution in [1.82, 2.24) is 9.47 Å². The molecular weight excluding hydrogens is 623 g/mol. The molecule has 246 valence electrons. The van der Waals surface area contributed by atoms with Gasteiger partial charge >= 0.3 is 0 Å². The lowest BCUT2D eigenvalue weighted by Crippen LogP contribution is -2.43. The molecule has 1 aliphatic rings. The van der Waals surface area contributed by atoms with Gasteiger partial charge in [-0.05, 0) is 73.9 Å². The summed E-state index contributed by atoms with van der Waals surface area (Å²) in [6, 6.07) is 24.9. The Kier molecular flexibility index (Phi) is 9.50. The molecule has 2 heterocycles. The van der Waals surface area contributed by atoms with E-state index in [9.17, 15) is 9.59 Å². The Morgan fingerprint density at radius 1 is 0.917 bits per heavy atom. The second kappa shape index (κ2) is 13.9. The van der Waals surface area contributed by atoms with Crippen molar-refractivity contribution in [3.8, 4) is 17.2 Å².